The van der Waals surface area contributed by atoms with Gasteiger partial charge in [0.1, 0.15) is 0 Å². The van der Waals surface area contributed by atoms with Gasteiger partial charge in [-0.05, 0) is 11.6 Å². The van der Waals surface area contributed by atoms with Crippen LogP contribution in [-0.2, 0) is 30.2 Å². The number of fused-ring (bicyclic) bond motifs is 1. The van der Waals surface area contributed by atoms with Crippen LogP contribution in [0.4, 0.5) is 0 Å². The molecule has 0 aromatic carbocycles. The highest BCUT2D eigenvalue weighted by Gasteiger charge is 2.17. The monoisotopic (exact) mass is 312 g/mol. The van der Waals surface area contributed by atoms with Crippen LogP contribution in [0.3, 0.4) is 0 Å². The molecule has 2 heterocycles. The van der Waals surface area contributed by atoms with Gasteiger partial charge in [-0.2, -0.15) is 0 Å². The molecule has 9 heteroatoms. The first-order valence-corrected chi connectivity index (χ1v) is 6.32. The minimum absolute atomic E-state index is 0.0535. The van der Waals surface area contributed by atoms with Crippen LogP contribution < -0.4 is 11.2 Å². The van der Waals surface area contributed by atoms with E-state index in [-0.39, 0.29) is 17.3 Å². The van der Waals surface area contributed by atoms with E-state index < -0.39 is 17.2 Å². The summed E-state index contributed by atoms with van der Waals surface area (Å²) in [5.74, 6) is -0.514. The first-order chi connectivity index (χ1) is 9.88. The minimum atomic E-state index is -0.523. The Bertz CT molecular complexity index is 859. The van der Waals surface area contributed by atoms with E-state index in [1.54, 1.807) is 0 Å². The van der Waals surface area contributed by atoms with Crippen molar-refractivity contribution in [3.05, 3.63) is 38.3 Å². The van der Waals surface area contributed by atoms with Gasteiger partial charge in [0.2, 0.25) is 5.28 Å². The van der Waals surface area contributed by atoms with Crippen LogP contribution in [0, 0.1) is 0 Å². The Hall–Kier alpha value is -2.35. The molecule has 0 bridgehead atoms. The molecule has 2 aromatic rings. The van der Waals surface area contributed by atoms with Crippen LogP contribution >= 0.6 is 11.6 Å². The maximum atomic E-state index is 12.0. The molecule has 0 aliphatic carbocycles. The fraction of sp³-hybridized carbons (Fsp3) is 0.333. The zero-order chi connectivity index (χ0) is 15.7. The Kier molecular flexibility index (Phi) is 3.99. The molecule has 0 amide bonds. The van der Waals surface area contributed by atoms with Crippen molar-refractivity contribution in [1.29, 1.82) is 0 Å². The molecule has 2 aromatic heterocycles. The predicted octanol–water partition coefficient (Wildman–Crippen LogP) is -0.184. The molecular formula is C12H13ClN4O4. The molecule has 0 spiro atoms. The highest BCUT2D eigenvalue weighted by atomic mass is 35.5. The number of nitrogens with zero attached hydrogens (tertiary/aromatic N) is 4. The topological polar surface area (TPSA) is 88.1 Å². The normalized spacial score (nSPS) is 11.4. The highest BCUT2D eigenvalue weighted by molar-refractivity contribution is 6.29. The van der Waals surface area contributed by atoms with E-state index in [4.69, 9.17) is 11.6 Å². The summed E-state index contributed by atoms with van der Waals surface area (Å²) in [6, 6.07) is 0. The van der Waals surface area contributed by atoms with Gasteiger partial charge in [-0.25, -0.2) is 14.6 Å². The van der Waals surface area contributed by atoms with Crippen LogP contribution in [0.1, 0.15) is 0 Å². The maximum absolute atomic E-state index is 12.0. The number of ether oxygens (including phenoxy) is 1. The molecule has 0 aliphatic rings. The number of allylic oxidation sites excluding steroid dienone is 1. The van der Waals surface area contributed by atoms with Gasteiger partial charge in [0.25, 0.3) is 5.56 Å². The van der Waals surface area contributed by atoms with Gasteiger partial charge < -0.3 is 4.74 Å². The molecule has 0 atom stereocenters. The van der Waals surface area contributed by atoms with Gasteiger partial charge in [-0.15, -0.1) is 0 Å². The number of hydrogen-bond acceptors (Lipinski definition) is 5. The van der Waals surface area contributed by atoms with Crippen LogP contribution in [0.25, 0.3) is 11.2 Å². The first-order valence-electron chi connectivity index (χ1n) is 5.94. The van der Waals surface area contributed by atoms with Crippen molar-refractivity contribution in [1.82, 2.24) is 18.7 Å². The van der Waals surface area contributed by atoms with E-state index in [0.717, 1.165) is 4.57 Å². The number of imidazole rings is 1. The Morgan fingerprint density at radius 2 is 2.00 bits per heavy atom. The van der Waals surface area contributed by atoms with E-state index in [1.807, 2.05) is 0 Å². The molecule has 0 N–H and O–H groups in total. The molecular weight excluding hydrogens is 300 g/mol. The molecule has 112 valence electrons. The fourth-order valence-corrected chi connectivity index (χ4v) is 2.18. The lowest BCUT2D eigenvalue weighted by Crippen LogP contribution is -2.37. The Morgan fingerprint density at radius 1 is 1.33 bits per heavy atom. The molecule has 8 nitrogen and oxygen atoms in total. The number of rotatable bonds is 3. The van der Waals surface area contributed by atoms with Crippen LogP contribution in [-0.4, -0.2) is 31.8 Å². The molecule has 0 saturated carbocycles. The minimum Gasteiger partial charge on any atom is -0.466 e. The SMILES string of the molecule is COC(=O)C=CCn1c(Cl)nc2c(=O)n(C)c(=O)n(C)c21. The zero-order valence-corrected chi connectivity index (χ0v) is 12.4. The van der Waals surface area contributed by atoms with Gasteiger partial charge in [-0.1, -0.05) is 6.08 Å². The average Bonchev–Trinajstić information content (AvgIpc) is 2.80. The van der Waals surface area contributed by atoms with Gasteiger partial charge in [-0.3, -0.25) is 18.5 Å². The van der Waals surface area contributed by atoms with Crippen LogP contribution in [0.5, 0.6) is 0 Å². The molecule has 0 unspecified atom stereocenters. The number of hydrogen-bond donors (Lipinski definition) is 0. The zero-order valence-electron chi connectivity index (χ0n) is 11.7. The van der Waals surface area contributed by atoms with Crippen molar-refractivity contribution in [2.75, 3.05) is 7.11 Å². The number of carbonyl (C=O) groups is 1. The summed E-state index contributed by atoms with van der Waals surface area (Å²) in [4.78, 5) is 39.0. The third kappa shape index (κ3) is 2.49. The van der Waals surface area contributed by atoms with Gasteiger partial charge >= 0.3 is 11.7 Å². The third-order valence-electron chi connectivity index (χ3n) is 3.04. The second-order valence-corrected chi connectivity index (χ2v) is 4.63. The molecule has 0 saturated heterocycles. The van der Waals surface area contributed by atoms with Crippen molar-refractivity contribution in [3.63, 3.8) is 0 Å². The summed E-state index contributed by atoms with van der Waals surface area (Å²) in [5.41, 5.74) is -0.619. The smallest absolute Gasteiger partial charge is 0.332 e. The molecule has 21 heavy (non-hydrogen) atoms. The molecule has 0 aliphatic heterocycles. The maximum Gasteiger partial charge on any atom is 0.332 e. The predicted molar refractivity (Wildman–Crippen MR) is 76.4 cm³/mol. The number of aromatic nitrogens is 4. The molecule has 0 radical (unpaired) electrons. The molecule has 2 rings (SSSR count). The van der Waals surface area contributed by atoms with Gasteiger partial charge in [0.15, 0.2) is 11.2 Å². The standard InChI is InChI=1S/C12H13ClN4O4/c1-15-9-8(10(19)16(2)12(15)20)14-11(13)17(9)6-4-5-7(18)21-3/h4-5H,6H2,1-3H3. The molecule has 0 fully saturated rings. The second-order valence-electron chi connectivity index (χ2n) is 4.29. The second kappa shape index (κ2) is 5.57. The van der Waals surface area contributed by atoms with Crippen molar-refractivity contribution < 1.29 is 9.53 Å². The summed E-state index contributed by atoms with van der Waals surface area (Å²) in [6.07, 6.45) is 2.72. The van der Waals surface area contributed by atoms with Crippen molar-refractivity contribution in [2.45, 2.75) is 6.54 Å². The lowest BCUT2D eigenvalue weighted by Gasteiger charge is -2.07. The summed E-state index contributed by atoms with van der Waals surface area (Å²) < 4.78 is 8.17. The first kappa shape index (κ1) is 15.0. The summed E-state index contributed by atoms with van der Waals surface area (Å²) >= 11 is 6.00. The summed E-state index contributed by atoms with van der Waals surface area (Å²) in [7, 11) is 4.15. The lowest BCUT2D eigenvalue weighted by molar-refractivity contribution is -0.134. The summed E-state index contributed by atoms with van der Waals surface area (Å²) in [6.45, 7) is 0.172. The van der Waals surface area contributed by atoms with E-state index in [0.29, 0.717) is 5.65 Å². The van der Waals surface area contributed by atoms with E-state index in [1.165, 1.54) is 42.5 Å². The lowest BCUT2D eigenvalue weighted by atomic mass is 10.4. The Morgan fingerprint density at radius 3 is 2.62 bits per heavy atom. The largest absolute Gasteiger partial charge is 0.466 e. The Labute approximate surface area is 123 Å². The van der Waals surface area contributed by atoms with Gasteiger partial charge in [0, 0.05) is 26.7 Å². The third-order valence-corrected chi connectivity index (χ3v) is 3.32. The van der Waals surface area contributed by atoms with E-state index in [2.05, 4.69) is 9.72 Å². The number of esters is 1. The van der Waals surface area contributed by atoms with Crippen LogP contribution in [0.15, 0.2) is 21.7 Å². The average molecular weight is 313 g/mol. The Balaban J connectivity index is 2.63. The van der Waals surface area contributed by atoms with Gasteiger partial charge in [0.05, 0.1) is 7.11 Å². The quantitative estimate of drug-likeness (QED) is 0.445. The number of halogens is 1. The van der Waals surface area contributed by atoms with Crippen molar-refractivity contribution in [3.8, 4) is 0 Å². The summed E-state index contributed by atoms with van der Waals surface area (Å²) in [5, 5.41) is 0.0535. The van der Waals surface area contributed by atoms with Crippen molar-refractivity contribution >= 4 is 28.7 Å². The van der Waals surface area contributed by atoms with E-state index in [9.17, 15) is 14.4 Å². The van der Waals surface area contributed by atoms with Crippen molar-refractivity contribution in [2.24, 2.45) is 14.1 Å². The number of carbonyl (C=O) groups excluding carboxylic acids is 1. The fourth-order valence-electron chi connectivity index (χ4n) is 1.95. The van der Waals surface area contributed by atoms with E-state index >= 15 is 0 Å². The van der Waals surface area contributed by atoms with Crippen LogP contribution in [0.2, 0.25) is 5.28 Å². The number of aryl methyl sites for hydroxylation is 1. The number of methoxy groups -OCH3 is 1. The highest BCUT2D eigenvalue weighted by Crippen LogP contribution is 2.15.